The number of anilines is 1. The Kier molecular flexibility index (Phi) is 4.23. The molecule has 4 nitrogen and oxygen atoms in total. The number of aryl methyl sites for hydroxylation is 1. The first kappa shape index (κ1) is 16.8. The first-order valence-corrected chi connectivity index (χ1v) is 9.04. The molecule has 3 aromatic rings. The zero-order chi connectivity index (χ0) is 18.3. The van der Waals surface area contributed by atoms with Gasteiger partial charge < -0.3 is 5.32 Å². The van der Waals surface area contributed by atoms with Gasteiger partial charge in [0.15, 0.2) is 0 Å². The van der Waals surface area contributed by atoms with Crippen LogP contribution in [0.5, 0.6) is 0 Å². The quantitative estimate of drug-likeness (QED) is 0.763. The fourth-order valence-corrected chi connectivity index (χ4v) is 3.84. The van der Waals surface area contributed by atoms with Crippen LogP contribution in [0.25, 0.3) is 10.9 Å². The van der Waals surface area contributed by atoms with Crippen molar-refractivity contribution in [1.29, 1.82) is 0 Å². The van der Waals surface area contributed by atoms with Gasteiger partial charge in [-0.05, 0) is 61.6 Å². The minimum Gasteiger partial charge on any atom is -0.388 e. The van der Waals surface area contributed by atoms with Crippen LogP contribution >= 0.6 is 0 Å². The second-order valence-corrected chi connectivity index (χ2v) is 7.00. The van der Waals surface area contributed by atoms with E-state index in [1.807, 2.05) is 32.2 Å². The van der Waals surface area contributed by atoms with Gasteiger partial charge in [-0.25, -0.2) is 9.37 Å². The summed E-state index contributed by atoms with van der Waals surface area (Å²) in [5.74, 6) is 0.810. The normalized spacial score (nSPS) is 15.7. The van der Waals surface area contributed by atoms with Gasteiger partial charge in [0.25, 0.3) is 5.56 Å². The monoisotopic (exact) mass is 351 g/mol. The second kappa shape index (κ2) is 6.56. The summed E-state index contributed by atoms with van der Waals surface area (Å²) in [6.07, 6.45) is 3.31. The van der Waals surface area contributed by atoms with E-state index in [1.54, 1.807) is 16.7 Å². The van der Waals surface area contributed by atoms with Crippen LogP contribution in [0.15, 0.2) is 47.3 Å². The van der Waals surface area contributed by atoms with Crippen molar-refractivity contribution in [3.8, 4) is 0 Å². The molecule has 1 unspecified atom stereocenters. The first-order valence-electron chi connectivity index (χ1n) is 9.04. The lowest BCUT2D eigenvalue weighted by atomic mass is 9.77. The molecule has 0 bridgehead atoms. The molecule has 26 heavy (non-hydrogen) atoms. The van der Waals surface area contributed by atoms with Crippen molar-refractivity contribution in [3.63, 3.8) is 0 Å². The van der Waals surface area contributed by atoms with Crippen molar-refractivity contribution in [2.24, 2.45) is 5.92 Å². The van der Waals surface area contributed by atoms with Gasteiger partial charge in [0.05, 0.1) is 16.9 Å². The highest BCUT2D eigenvalue weighted by Gasteiger charge is 2.32. The van der Waals surface area contributed by atoms with Gasteiger partial charge >= 0.3 is 0 Å². The van der Waals surface area contributed by atoms with Gasteiger partial charge in [0.2, 0.25) is 0 Å². The third-order valence-electron chi connectivity index (χ3n) is 5.45. The van der Waals surface area contributed by atoms with Crippen LogP contribution in [0.1, 0.15) is 36.7 Å². The highest BCUT2D eigenvalue weighted by molar-refractivity contribution is 5.81. The lowest BCUT2D eigenvalue weighted by Gasteiger charge is -2.36. The molecular weight excluding hydrogens is 329 g/mol. The minimum atomic E-state index is -0.263. The number of rotatable bonds is 4. The molecule has 1 aliphatic rings. The van der Waals surface area contributed by atoms with E-state index in [-0.39, 0.29) is 17.4 Å². The fourth-order valence-electron chi connectivity index (χ4n) is 3.84. The Labute approximate surface area is 151 Å². The molecule has 1 N–H and O–H groups in total. The lowest BCUT2D eigenvalue weighted by molar-refractivity contribution is 0.231. The van der Waals surface area contributed by atoms with Gasteiger partial charge in [0.1, 0.15) is 11.6 Å². The van der Waals surface area contributed by atoms with Crippen molar-refractivity contribution in [1.82, 2.24) is 9.55 Å². The maximum absolute atomic E-state index is 13.4. The number of nitrogens with one attached hydrogen (secondary N) is 1. The first-order chi connectivity index (χ1) is 12.6. The van der Waals surface area contributed by atoms with Crippen LogP contribution in [0.3, 0.4) is 0 Å². The van der Waals surface area contributed by atoms with Crippen LogP contribution in [-0.4, -0.2) is 16.6 Å². The van der Waals surface area contributed by atoms with Crippen LogP contribution < -0.4 is 10.9 Å². The lowest BCUT2D eigenvalue weighted by Crippen LogP contribution is -2.35. The Bertz CT molecular complexity index is 1010. The molecular formula is C21H22FN3O. The van der Waals surface area contributed by atoms with Crippen molar-refractivity contribution in [2.45, 2.75) is 32.2 Å². The SMILES string of the molecule is CNc1ccc2nc(C)n(C(c3ccc(F)cc3)C3CCC3)c(=O)c2c1. The molecule has 1 aliphatic carbocycles. The molecule has 0 spiro atoms. The summed E-state index contributed by atoms with van der Waals surface area (Å²) in [6, 6.07) is 12.1. The van der Waals surface area contributed by atoms with Gasteiger partial charge in [-0.2, -0.15) is 0 Å². The summed E-state index contributed by atoms with van der Waals surface area (Å²) in [5.41, 5.74) is 2.51. The average molecular weight is 351 g/mol. The number of benzene rings is 2. The molecule has 1 aromatic heterocycles. The summed E-state index contributed by atoms with van der Waals surface area (Å²) in [4.78, 5) is 18.0. The molecule has 0 amide bonds. The van der Waals surface area contributed by atoms with Crippen molar-refractivity contribution >= 4 is 16.6 Å². The Morgan fingerprint density at radius 3 is 2.54 bits per heavy atom. The van der Waals surface area contributed by atoms with E-state index in [2.05, 4.69) is 10.3 Å². The molecule has 0 radical (unpaired) electrons. The Morgan fingerprint density at radius 2 is 1.92 bits per heavy atom. The van der Waals surface area contributed by atoms with E-state index < -0.39 is 0 Å². The number of aromatic nitrogens is 2. The third-order valence-corrected chi connectivity index (χ3v) is 5.45. The van der Waals surface area contributed by atoms with Gasteiger partial charge in [0, 0.05) is 12.7 Å². The van der Waals surface area contributed by atoms with Crippen LogP contribution in [-0.2, 0) is 0 Å². The Morgan fingerprint density at radius 1 is 1.19 bits per heavy atom. The summed E-state index contributed by atoms with van der Waals surface area (Å²) in [7, 11) is 1.83. The van der Waals surface area contributed by atoms with E-state index in [0.717, 1.165) is 24.1 Å². The summed E-state index contributed by atoms with van der Waals surface area (Å²) in [6.45, 7) is 1.88. The maximum atomic E-state index is 13.4. The zero-order valence-corrected chi connectivity index (χ0v) is 15.0. The Hall–Kier alpha value is -2.69. The third kappa shape index (κ3) is 2.77. The van der Waals surface area contributed by atoms with Crippen molar-refractivity contribution < 1.29 is 4.39 Å². The topological polar surface area (TPSA) is 46.9 Å². The molecule has 1 atom stereocenters. The number of hydrogen-bond acceptors (Lipinski definition) is 3. The second-order valence-electron chi connectivity index (χ2n) is 7.00. The molecule has 0 aliphatic heterocycles. The molecule has 4 rings (SSSR count). The molecule has 134 valence electrons. The highest BCUT2D eigenvalue weighted by Crippen LogP contribution is 2.40. The van der Waals surface area contributed by atoms with E-state index in [1.165, 1.54) is 18.6 Å². The van der Waals surface area contributed by atoms with E-state index in [0.29, 0.717) is 22.6 Å². The van der Waals surface area contributed by atoms with Crippen LogP contribution in [0.4, 0.5) is 10.1 Å². The molecule has 0 saturated heterocycles. The maximum Gasteiger partial charge on any atom is 0.262 e. The standard InChI is InChI=1S/C21H22FN3O/c1-13-24-19-11-10-17(23-2)12-18(19)21(26)25(13)20(14-4-3-5-14)15-6-8-16(22)9-7-15/h6-12,14,20,23H,3-5H2,1-2H3. The van der Waals surface area contributed by atoms with Crippen molar-refractivity contribution in [3.05, 3.63) is 70.0 Å². The van der Waals surface area contributed by atoms with Crippen molar-refractivity contribution in [2.75, 3.05) is 12.4 Å². The molecule has 1 heterocycles. The van der Waals surface area contributed by atoms with Gasteiger partial charge in [-0.1, -0.05) is 18.6 Å². The Balaban J connectivity index is 1.94. The highest BCUT2D eigenvalue weighted by atomic mass is 19.1. The summed E-state index contributed by atoms with van der Waals surface area (Å²) >= 11 is 0. The predicted octanol–water partition coefficient (Wildman–Crippen LogP) is 4.28. The molecule has 5 heteroatoms. The van der Waals surface area contributed by atoms with Gasteiger partial charge in [-0.15, -0.1) is 0 Å². The number of fused-ring (bicyclic) bond motifs is 1. The van der Waals surface area contributed by atoms with E-state index >= 15 is 0 Å². The molecule has 1 saturated carbocycles. The summed E-state index contributed by atoms with van der Waals surface area (Å²) in [5, 5.41) is 3.68. The predicted molar refractivity (Wildman–Crippen MR) is 102 cm³/mol. The zero-order valence-electron chi connectivity index (χ0n) is 15.0. The van der Waals surface area contributed by atoms with E-state index in [4.69, 9.17) is 0 Å². The molecule has 1 fully saturated rings. The number of nitrogens with zero attached hydrogens (tertiary/aromatic N) is 2. The minimum absolute atomic E-state index is 0.0363. The fraction of sp³-hybridized carbons (Fsp3) is 0.333. The summed E-state index contributed by atoms with van der Waals surface area (Å²) < 4.78 is 15.2. The smallest absolute Gasteiger partial charge is 0.262 e. The molecule has 2 aromatic carbocycles. The van der Waals surface area contributed by atoms with E-state index in [9.17, 15) is 9.18 Å². The van der Waals surface area contributed by atoms with Gasteiger partial charge in [-0.3, -0.25) is 9.36 Å². The average Bonchev–Trinajstić information content (AvgIpc) is 2.60. The largest absolute Gasteiger partial charge is 0.388 e. The number of halogens is 1. The van der Waals surface area contributed by atoms with Crippen LogP contribution in [0, 0.1) is 18.7 Å². The van der Waals surface area contributed by atoms with Crippen LogP contribution in [0.2, 0.25) is 0 Å². The number of hydrogen-bond donors (Lipinski definition) is 1.